The van der Waals surface area contributed by atoms with Crippen molar-refractivity contribution in [2.24, 2.45) is 0 Å². The summed E-state index contributed by atoms with van der Waals surface area (Å²) in [5.74, 6) is -3.18. The second-order valence-corrected chi connectivity index (χ2v) is 6.27. The fraction of sp³-hybridized carbons (Fsp3) is 0.176. The van der Waals surface area contributed by atoms with Gasteiger partial charge in [-0.3, -0.25) is 9.59 Å². The van der Waals surface area contributed by atoms with Crippen molar-refractivity contribution in [2.45, 2.75) is 19.3 Å². The molecular formula is C17H13IO6. The molecule has 0 aliphatic heterocycles. The average molecular weight is 440 g/mol. The maximum absolute atomic E-state index is 11.5. The Labute approximate surface area is 151 Å². The zero-order valence-electron chi connectivity index (χ0n) is 12.6. The maximum Gasteiger partial charge on any atom is 0.336 e. The molecule has 0 saturated carbocycles. The van der Waals surface area contributed by atoms with E-state index in [1.807, 2.05) is 0 Å². The van der Waals surface area contributed by atoms with E-state index in [2.05, 4.69) is 0 Å². The maximum atomic E-state index is 11.5. The number of aromatic carboxylic acids is 1. The van der Waals surface area contributed by atoms with Gasteiger partial charge in [-0.2, -0.15) is 0 Å². The van der Waals surface area contributed by atoms with Crippen LogP contribution < -0.4 is 0 Å². The van der Waals surface area contributed by atoms with E-state index >= 15 is 0 Å². The second kappa shape index (κ2) is 7.08. The van der Waals surface area contributed by atoms with Gasteiger partial charge < -0.3 is 10.2 Å². The third kappa shape index (κ3) is 3.61. The molecule has 1 aliphatic carbocycles. The first-order chi connectivity index (χ1) is 11.2. The number of carboxylic acids is 2. The molecule has 1 aromatic rings. The molecule has 6 nitrogen and oxygen atoms in total. The van der Waals surface area contributed by atoms with Crippen LogP contribution in [-0.2, 0) is 9.59 Å². The SMILES string of the molecule is CC(=O)c1ccc(C2C=C(C(=O)O)C(C(=O)I)=CC2)cc1C(=O)O. The highest BCUT2D eigenvalue weighted by molar-refractivity contribution is 14.1. The van der Waals surface area contributed by atoms with Crippen LogP contribution in [0.3, 0.4) is 0 Å². The summed E-state index contributed by atoms with van der Waals surface area (Å²) in [4.78, 5) is 45.8. The largest absolute Gasteiger partial charge is 0.478 e. The van der Waals surface area contributed by atoms with Gasteiger partial charge in [0.1, 0.15) is 0 Å². The fourth-order valence-electron chi connectivity index (χ4n) is 2.60. The number of Topliss-reactive ketones (excluding diaryl/α,β-unsaturated/α-hetero) is 1. The Morgan fingerprint density at radius 1 is 1.04 bits per heavy atom. The fourth-order valence-corrected chi connectivity index (χ4v) is 3.11. The van der Waals surface area contributed by atoms with Gasteiger partial charge in [-0.05, 0) is 25.0 Å². The first kappa shape index (κ1) is 18.1. The van der Waals surface area contributed by atoms with Crippen molar-refractivity contribution in [2.75, 3.05) is 0 Å². The van der Waals surface area contributed by atoms with Crippen molar-refractivity contribution in [3.8, 4) is 0 Å². The molecule has 0 bridgehead atoms. The zero-order valence-corrected chi connectivity index (χ0v) is 14.7. The molecule has 1 unspecified atom stereocenters. The predicted molar refractivity (Wildman–Crippen MR) is 93.6 cm³/mol. The van der Waals surface area contributed by atoms with Crippen LogP contribution in [0, 0.1) is 0 Å². The van der Waals surface area contributed by atoms with Crippen molar-refractivity contribution in [3.63, 3.8) is 0 Å². The summed E-state index contributed by atoms with van der Waals surface area (Å²) in [6.45, 7) is 1.28. The van der Waals surface area contributed by atoms with Crippen LogP contribution in [0.5, 0.6) is 0 Å². The number of benzene rings is 1. The zero-order chi connectivity index (χ0) is 18.0. The molecule has 0 fully saturated rings. The first-order valence-electron chi connectivity index (χ1n) is 6.96. The van der Waals surface area contributed by atoms with Gasteiger partial charge in [0.15, 0.2) is 5.78 Å². The van der Waals surface area contributed by atoms with Crippen LogP contribution in [0.4, 0.5) is 0 Å². The summed E-state index contributed by atoms with van der Waals surface area (Å²) in [5.41, 5.74) is 0.594. The monoisotopic (exact) mass is 440 g/mol. The average Bonchev–Trinajstić information content (AvgIpc) is 2.53. The van der Waals surface area contributed by atoms with Crippen molar-refractivity contribution >= 4 is 44.1 Å². The van der Waals surface area contributed by atoms with Gasteiger partial charge in [0, 0.05) is 39.6 Å². The van der Waals surface area contributed by atoms with Gasteiger partial charge in [0.2, 0.25) is 3.79 Å². The molecule has 0 radical (unpaired) electrons. The number of carbonyl (C=O) groups excluding carboxylic acids is 2. The van der Waals surface area contributed by atoms with E-state index in [4.69, 9.17) is 0 Å². The molecule has 0 saturated heterocycles. The lowest BCUT2D eigenvalue weighted by atomic mass is 9.85. The second-order valence-electron chi connectivity index (χ2n) is 5.29. The minimum atomic E-state index is -1.22. The molecule has 2 N–H and O–H groups in total. The molecular weight excluding hydrogens is 427 g/mol. The molecule has 1 aromatic carbocycles. The Hall–Kier alpha value is -2.29. The molecule has 7 heteroatoms. The topological polar surface area (TPSA) is 109 Å². The molecule has 0 amide bonds. The standard InChI is InChI=1S/C17H13IO6/c1-8(19)11-4-2-9(6-13(11)16(21)22)10-3-5-12(15(18)20)14(7-10)17(23)24/h2,4-7,10H,3H2,1H3,(H,21,22)(H,23,24). The van der Waals surface area contributed by atoms with Gasteiger partial charge in [0.05, 0.1) is 11.1 Å². The van der Waals surface area contributed by atoms with Gasteiger partial charge in [-0.25, -0.2) is 9.59 Å². The number of rotatable bonds is 5. The number of aliphatic carboxylic acids is 1. The lowest BCUT2D eigenvalue weighted by Gasteiger charge is -2.19. The van der Waals surface area contributed by atoms with Crippen LogP contribution >= 0.6 is 22.6 Å². The van der Waals surface area contributed by atoms with E-state index in [0.717, 1.165) is 0 Å². The summed E-state index contributed by atoms with van der Waals surface area (Å²) < 4.78 is -0.363. The molecule has 124 valence electrons. The Morgan fingerprint density at radius 2 is 1.71 bits per heavy atom. The first-order valence-corrected chi connectivity index (χ1v) is 8.04. The van der Waals surface area contributed by atoms with Gasteiger partial charge in [-0.1, -0.05) is 24.3 Å². The Bertz CT molecular complexity index is 818. The summed E-state index contributed by atoms with van der Waals surface area (Å²) in [7, 11) is 0. The van der Waals surface area contributed by atoms with Crippen LogP contribution in [0.25, 0.3) is 0 Å². The lowest BCUT2D eigenvalue weighted by molar-refractivity contribution is -0.132. The van der Waals surface area contributed by atoms with E-state index < -0.39 is 11.9 Å². The highest BCUT2D eigenvalue weighted by atomic mass is 127. The van der Waals surface area contributed by atoms with E-state index in [1.54, 1.807) is 12.1 Å². The smallest absolute Gasteiger partial charge is 0.336 e. The number of carboxylic acid groups (broad SMARTS) is 2. The summed E-state index contributed by atoms with van der Waals surface area (Å²) in [5, 5.41) is 18.6. The molecule has 0 aromatic heterocycles. The molecule has 1 atom stereocenters. The van der Waals surface area contributed by atoms with Crippen molar-refractivity contribution in [3.05, 3.63) is 58.2 Å². The normalized spacial score (nSPS) is 16.8. The summed E-state index contributed by atoms with van der Waals surface area (Å²) in [6.07, 6.45) is 3.37. The van der Waals surface area contributed by atoms with Crippen LogP contribution in [0.15, 0.2) is 41.5 Å². The van der Waals surface area contributed by atoms with E-state index in [-0.39, 0.29) is 37.8 Å². The minimum absolute atomic E-state index is 0.0989. The molecule has 0 spiro atoms. The predicted octanol–water partition coefficient (Wildman–Crippen LogP) is 2.97. The Morgan fingerprint density at radius 3 is 2.21 bits per heavy atom. The number of hydrogen-bond acceptors (Lipinski definition) is 4. The number of carbonyl (C=O) groups is 4. The van der Waals surface area contributed by atoms with Crippen molar-refractivity contribution in [1.29, 1.82) is 0 Å². The van der Waals surface area contributed by atoms with Crippen LogP contribution in [-0.4, -0.2) is 31.7 Å². The third-order valence-electron chi connectivity index (χ3n) is 3.76. The summed E-state index contributed by atoms with van der Waals surface area (Å²) >= 11 is 1.53. The molecule has 0 heterocycles. The lowest BCUT2D eigenvalue weighted by Crippen LogP contribution is -2.14. The summed E-state index contributed by atoms with van der Waals surface area (Å²) in [6, 6.07) is 4.41. The number of hydrogen-bond donors (Lipinski definition) is 2. The molecule has 2 rings (SSSR count). The third-order valence-corrected chi connectivity index (χ3v) is 4.34. The molecule has 1 aliphatic rings. The van der Waals surface area contributed by atoms with Crippen LogP contribution in [0.1, 0.15) is 45.5 Å². The van der Waals surface area contributed by atoms with E-state index in [1.165, 1.54) is 47.7 Å². The van der Waals surface area contributed by atoms with E-state index in [9.17, 15) is 29.4 Å². The van der Waals surface area contributed by atoms with Crippen molar-refractivity contribution < 1.29 is 29.4 Å². The van der Waals surface area contributed by atoms with E-state index in [0.29, 0.717) is 12.0 Å². The number of ketones is 1. The molecule has 24 heavy (non-hydrogen) atoms. The van der Waals surface area contributed by atoms with Gasteiger partial charge >= 0.3 is 11.9 Å². The Balaban J connectivity index is 2.48. The van der Waals surface area contributed by atoms with Crippen LogP contribution in [0.2, 0.25) is 0 Å². The Kier molecular flexibility index (Phi) is 5.33. The highest BCUT2D eigenvalue weighted by Gasteiger charge is 2.26. The van der Waals surface area contributed by atoms with Crippen molar-refractivity contribution in [1.82, 2.24) is 0 Å². The number of allylic oxidation sites excluding steroid dienone is 2. The van der Waals surface area contributed by atoms with Gasteiger partial charge in [-0.15, -0.1) is 0 Å². The quantitative estimate of drug-likeness (QED) is 0.414. The minimum Gasteiger partial charge on any atom is -0.478 e. The highest BCUT2D eigenvalue weighted by Crippen LogP contribution is 2.33. The van der Waals surface area contributed by atoms with Gasteiger partial charge in [0.25, 0.3) is 0 Å². The number of halogens is 1.